The van der Waals surface area contributed by atoms with Crippen LogP contribution < -0.4 is 0 Å². The second-order valence-electron chi connectivity index (χ2n) is 15.6. The summed E-state index contributed by atoms with van der Waals surface area (Å²) in [6.45, 7) is 4.71. The van der Waals surface area contributed by atoms with E-state index < -0.39 is 0 Å². The molecule has 1 aliphatic rings. The van der Waals surface area contributed by atoms with Crippen LogP contribution in [0.4, 0.5) is 0 Å². The molecule has 0 unspecified atom stereocenters. The van der Waals surface area contributed by atoms with Crippen molar-refractivity contribution < 1.29 is 0 Å². The third kappa shape index (κ3) is 5.68. The SMILES string of the molecule is CC1(C)c2ccccc2-c2ccc(-c3cccc4c3sc3c(-c5ccc(-c6cccc(-c7nc(-c8ccccc8)nc(-c8ccccc8)n7)c6)cc5)cccc34)cc21. The lowest BCUT2D eigenvalue weighted by Crippen LogP contribution is -2.14. The molecule has 274 valence electrons. The molecule has 0 spiro atoms. The molecule has 3 nitrogen and oxygen atoms in total. The molecular formula is C54H37N3S. The lowest BCUT2D eigenvalue weighted by molar-refractivity contribution is 0.660. The van der Waals surface area contributed by atoms with Crippen LogP contribution >= 0.6 is 11.3 Å². The van der Waals surface area contributed by atoms with Crippen LogP contribution in [-0.2, 0) is 5.41 Å². The molecule has 2 heterocycles. The topological polar surface area (TPSA) is 38.7 Å². The molecule has 58 heavy (non-hydrogen) atoms. The lowest BCUT2D eigenvalue weighted by atomic mass is 9.81. The van der Waals surface area contributed by atoms with Gasteiger partial charge in [-0.05, 0) is 67.8 Å². The normalized spacial score (nSPS) is 12.8. The van der Waals surface area contributed by atoms with Crippen molar-refractivity contribution in [3.8, 4) is 78.7 Å². The van der Waals surface area contributed by atoms with Gasteiger partial charge in [-0.3, -0.25) is 0 Å². The van der Waals surface area contributed by atoms with Gasteiger partial charge in [0.25, 0.3) is 0 Å². The summed E-state index contributed by atoms with van der Waals surface area (Å²) in [5.41, 5.74) is 15.6. The van der Waals surface area contributed by atoms with Crippen molar-refractivity contribution in [3.63, 3.8) is 0 Å². The van der Waals surface area contributed by atoms with Gasteiger partial charge in [-0.25, -0.2) is 15.0 Å². The number of aromatic nitrogens is 3. The van der Waals surface area contributed by atoms with E-state index in [9.17, 15) is 0 Å². The zero-order chi connectivity index (χ0) is 38.8. The number of hydrogen-bond donors (Lipinski definition) is 0. The minimum Gasteiger partial charge on any atom is -0.208 e. The summed E-state index contributed by atoms with van der Waals surface area (Å²) in [7, 11) is 0. The van der Waals surface area contributed by atoms with Crippen LogP contribution in [0.25, 0.3) is 98.8 Å². The maximum absolute atomic E-state index is 4.97. The molecule has 1 aliphatic carbocycles. The smallest absolute Gasteiger partial charge is 0.164 e. The summed E-state index contributed by atoms with van der Waals surface area (Å²) >= 11 is 1.91. The lowest BCUT2D eigenvalue weighted by Gasteiger charge is -2.22. The Morgan fingerprint density at radius 3 is 1.45 bits per heavy atom. The molecular weight excluding hydrogens is 723 g/mol. The first-order chi connectivity index (χ1) is 28.5. The van der Waals surface area contributed by atoms with E-state index in [0.29, 0.717) is 17.5 Å². The van der Waals surface area contributed by atoms with Crippen LogP contribution in [0.3, 0.4) is 0 Å². The number of rotatable bonds is 6. The summed E-state index contributed by atoms with van der Waals surface area (Å²) < 4.78 is 2.64. The molecule has 8 aromatic carbocycles. The monoisotopic (exact) mass is 759 g/mol. The summed E-state index contributed by atoms with van der Waals surface area (Å²) in [5, 5.41) is 2.60. The van der Waals surface area contributed by atoms with Crippen LogP contribution in [0.2, 0.25) is 0 Å². The van der Waals surface area contributed by atoms with Crippen molar-refractivity contribution in [2.75, 3.05) is 0 Å². The van der Waals surface area contributed by atoms with Gasteiger partial charge in [-0.1, -0.05) is 190 Å². The fraction of sp³-hybridized carbons (Fsp3) is 0.0556. The third-order valence-electron chi connectivity index (χ3n) is 11.8. The van der Waals surface area contributed by atoms with Crippen molar-refractivity contribution >= 4 is 31.5 Å². The molecule has 0 bridgehead atoms. The Hall–Kier alpha value is -7.01. The summed E-state index contributed by atoms with van der Waals surface area (Å²) in [5.74, 6) is 1.96. The number of benzene rings is 8. The van der Waals surface area contributed by atoms with E-state index in [-0.39, 0.29) is 5.41 Å². The summed E-state index contributed by atoms with van der Waals surface area (Å²) in [4.78, 5) is 14.8. The number of fused-ring (bicyclic) bond motifs is 6. The van der Waals surface area contributed by atoms with Crippen molar-refractivity contribution in [1.82, 2.24) is 15.0 Å². The van der Waals surface area contributed by atoms with E-state index in [1.807, 2.05) is 72.0 Å². The third-order valence-corrected chi connectivity index (χ3v) is 13.1. The highest BCUT2D eigenvalue weighted by molar-refractivity contribution is 7.26. The predicted molar refractivity (Wildman–Crippen MR) is 243 cm³/mol. The molecule has 0 fully saturated rings. The van der Waals surface area contributed by atoms with Gasteiger partial charge in [0.15, 0.2) is 17.5 Å². The first kappa shape index (κ1) is 34.3. The number of thiophene rings is 1. The maximum Gasteiger partial charge on any atom is 0.164 e. The molecule has 0 amide bonds. The van der Waals surface area contributed by atoms with Gasteiger partial charge < -0.3 is 0 Å². The Morgan fingerprint density at radius 1 is 0.328 bits per heavy atom. The highest BCUT2D eigenvalue weighted by Crippen LogP contribution is 2.51. The molecule has 0 saturated heterocycles. The molecule has 0 aliphatic heterocycles. The van der Waals surface area contributed by atoms with Gasteiger partial charge in [-0.15, -0.1) is 11.3 Å². The van der Waals surface area contributed by atoms with Crippen LogP contribution in [0, 0.1) is 0 Å². The van der Waals surface area contributed by atoms with Crippen molar-refractivity contribution in [1.29, 1.82) is 0 Å². The van der Waals surface area contributed by atoms with E-state index in [1.54, 1.807) is 0 Å². The van der Waals surface area contributed by atoms with Crippen molar-refractivity contribution in [3.05, 3.63) is 199 Å². The second-order valence-corrected chi connectivity index (χ2v) is 16.6. The first-order valence-corrected chi connectivity index (χ1v) is 20.6. The summed E-state index contributed by atoms with van der Waals surface area (Å²) in [6, 6.07) is 67.2. The highest BCUT2D eigenvalue weighted by Gasteiger charge is 2.35. The van der Waals surface area contributed by atoms with Gasteiger partial charge in [0.1, 0.15) is 0 Å². The molecule has 4 heteroatoms. The van der Waals surface area contributed by atoms with Crippen molar-refractivity contribution in [2.45, 2.75) is 19.3 Å². The fourth-order valence-electron chi connectivity index (χ4n) is 8.76. The van der Waals surface area contributed by atoms with Gasteiger partial charge in [0.05, 0.1) is 0 Å². The molecule has 0 radical (unpaired) electrons. The van der Waals surface area contributed by atoms with E-state index >= 15 is 0 Å². The Morgan fingerprint density at radius 2 is 0.793 bits per heavy atom. The van der Waals surface area contributed by atoms with E-state index in [4.69, 9.17) is 15.0 Å². The van der Waals surface area contributed by atoms with Crippen LogP contribution in [0.1, 0.15) is 25.0 Å². The second kappa shape index (κ2) is 13.6. The van der Waals surface area contributed by atoms with E-state index in [0.717, 1.165) is 27.8 Å². The Kier molecular flexibility index (Phi) is 8.02. The Labute approximate surface area is 342 Å². The Balaban J connectivity index is 0.946. The Bertz CT molecular complexity index is 3120. The van der Waals surface area contributed by atoms with E-state index in [1.165, 1.54) is 64.7 Å². The van der Waals surface area contributed by atoms with E-state index in [2.05, 4.69) is 141 Å². The average molecular weight is 760 g/mol. The molecule has 0 N–H and O–H groups in total. The minimum absolute atomic E-state index is 0.0404. The molecule has 2 aromatic heterocycles. The molecule has 0 saturated carbocycles. The van der Waals surface area contributed by atoms with Crippen LogP contribution in [0.15, 0.2) is 188 Å². The van der Waals surface area contributed by atoms with Gasteiger partial charge in [-0.2, -0.15) is 0 Å². The zero-order valence-corrected chi connectivity index (χ0v) is 33.0. The van der Waals surface area contributed by atoms with Gasteiger partial charge in [0, 0.05) is 42.3 Å². The molecule has 0 atom stereocenters. The zero-order valence-electron chi connectivity index (χ0n) is 32.1. The van der Waals surface area contributed by atoms with Crippen LogP contribution in [0.5, 0.6) is 0 Å². The van der Waals surface area contributed by atoms with Crippen molar-refractivity contribution in [2.24, 2.45) is 0 Å². The standard InChI is InChI=1S/C54H37N3S/c1-54(2)47-25-10-9-20-43(47)44-31-30-39(33-48(44)54)42-22-13-24-46-45-23-12-21-41(49(45)58-50(42)46)35-28-26-34(27-29-35)38-18-11-19-40(32-38)53-56-51(36-14-5-3-6-15-36)55-52(57-53)37-16-7-4-8-17-37/h3-33H,1-2H3. The summed E-state index contributed by atoms with van der Waals surface area (Å²) in [6.07, 6.45) is 0. The largest absolute Gasteiger partial charge is 0.208 e. The van der Waals surface area contributed by atoms with Gasteiger partial charge >= 0.3 is 0 Å². The van der Waals surface area contributed by atoms with Gasteiger partial charge in [0.2, 0.25) is 0 Å². The first-order valence-electron chi connectivity index (χ1n) is 19.8. The molecule has 10 aromatic rings. The number of nitrogens with zero attached hydrogens (tertiary/aromatic N) is 3. The quantitative estimate of drug-likeness (QED) is 0.169. The fourth-order valence-corrected chi connectivity index (χ4v) is 10.1. The maximum atomic E-state index is 4.97. The predicted octanol–water partition coefficient (Wildman–Crippen LogP) is 14.5. The number of hydrogen-bond acceptors (Lipinski definition) is 4. The average Bonchev–Trinajstić information content (AvgIpc) is 3.79. The van der Waals surface area contributed by atoms with Crippen LogP contribution in [-0.4, -0.2) is 15.0 Å². The minimum atomic E-state index is -0.0404. The highest BCUT2D eigenvalue weighted by atomic mass is 32.1. The molecule has 11 rings (SSSR count).